The van der Waals surface area contributed by atoms with Crippen molar-refractivity contribution in [3.8, 4) is 0 Å². The second-order valence-electron chi connectivity index (χ2n) is 3.17. The average molecular weight is 190 g/mol. The van der Waals surface area contributed by atoms with Gasteiger partial charge >= 0.3 is 0 Å². The molecule has 12 heavy (non-hydrogen) atoms. The standard InChI is InChI=1S/C7H12ClN3O/c1-7(9,5-12)4-11-3-6(8)2-10-11/h2-3,12H,4-5,9H2,1H3. The normalized spacial score (nSPS) is 16.0. The maximum absolute atomic E-state index is 8.86. The van der Waals surface area contributed by atoms with Crippen LogP contribution in [-0.2, 0) is 6.54 Å². The first kappa shape index (κ1) is 9.51. The second kappa shape index (κ2) is 3.43. The SMILES string of the molecule is CC(N)(CO)Cn1cc(Cl)cn1. The van der Waals surface area contributed by atoms with Gasteiger partial charge in [0.15, 0.2) is 0 Å². The van der Waals surface area contributed by atoms with Gasteiger partial charge in [0.2, 0.25) is 0 Å². The van der Waals surface area contributed by atoms with E-state index in [1.807, 2.05) is 0 Å². The molecule has 0 bridgehead atoms. The molecule has 1 rings (SSSR count). The summed E-state index contributed by atoms with van der Waals surface area (Å²) in [5, 5.41) is 13.4. The average Bonchev–Trinajstić information content (AvgIpc) is 2.35. The van der Waals surface area contributed by atoms with E-state index < -0.39 is 5.54 Å². The Labute approximate surface area is 75.9 Å². The minimum atomic E-state index is -0.644. The van der Waals surface area contributed by atoms with Crippen LogP contribution in [0.2, 0.25) is 5.02 Å². The monoisotopic (exact) mass is 189 g/mol. The summed E-state index contributed by atoms with van der Waals surface area (Å²) >= 11 is 5.65. The molecule has 5 heteroatoms. The van der Waals surface area contributed by atoms with Gasteiger partial charge in [-0.15, -0.1) is 0 Å². The number of halogens is 1. The van der Waals surface area contributed by atoms with Crippen LogP contribution < -0.4 is 5.73 Å². The predicted octanol–water partition coefficient (Wildman–Crippen LogP) is 0.246. The van der Waals surface area contributed by atoms with Gasteiger partial charge in [0.1, 0.15) is 0 Å². The van der Waals surface area contributed by atoms with Crippen molar-refractivity contribution in [1.82, 2.24) is 9.78 Å². The molecule has 0 saturated carbocycles. The lowest BCUT2D eigenvalue weighted by Crippen LogP contribution is -2.44. The van der Waals surface area contributed by atoms with Gasteiger partial charge in [-0.1, -0.05) is 11.6 Å². The summed E-state index contributed by atoms with van der Waals surface area (Å²) in [5.74, 6) is 0. The summed E-state index contributed by atoms with van der Waals surface area (Å²) in [6.07, 6.45) is 3.21. The van der Waals surface area contributed by atoms with Crippen molar-refractivity contribution in [2.24, 2.45) is 5.73 Å². The number of hydrogen-bond donors (Lipinski definition) is 2. The highest BCUT2D eigenvalue weighted by Gasteiger charge is 2.17. The van der Waals surface area contributed by atoms with Crippen LogP contribution in [0.25, 0.3) is 0 Å². The fourth-order valence-corrected chi connectivity index (χ4v) is 1.00. The highest BCUT2D eigenvalue weighted by Crippen LogP contribution is 2.07. The lowest BCUT2D eigenvalue weighted by molar-refractivity contribution is 0.188. The maximum atomic E-state index is 8.86. The Bertz CT molecular complexity index is 259. The number of rotatable bonds is 3. The molecule has 4 nitrogen and oxygen atoms in total. The molecule has 0 aliphatic heterocycles. The third-order valence-electron chi connectivity index (χ3n) is 1.49. The molecule has 3 N–H and O–H groups in total. The second-order valence-corrected chi connectivity index (χ2v) is 3.60. The molecule has 1 atom stereocenters. The van der Waals surface area contributed by atoms with Gasteiger partial charge in [0.25, 0.3) is 0 Å². The summed E-state index contributed by atoms with van der Waals surface area (Å²) in [4.78, 5) is 0. The first-order chi connectivity index (χ1) is 5.53. The van der Waals surface area contributed by atoms with Crippen molar-refractivity contribution in [2.45, 2.75) is 19.0 Å². The quantitative estimate of drug-likeness (QED) is 0.717. The smallest absolute Gasteiger partial charge is 0.0785 e. The van der Waals surface area contributed by atoms with Crippen molar-refractivity contribution in [2.75, 3.05) is 6.61 Å². The molecule has 0 fully saturated rings. The van der Waals surface area contributed by atoms with E-state index >= 15 is 0 Å². The topological polar surface area (TPSA) is 64.1 Å². The lowest BCUT2D eigenvalue weighted by atomic mass is 10.1. The van der Waals surface area contributed by atoms with Gasteiger partial charge in [0, 0.05) is 6.20 Å². The number of nitrogens with two attached hydrogens (primary N) is 1. The third kappa shape index (κ3) is 2.48. The Hall–Kier alpha value is -0.580. The third-order valence-corrected chi connectivity index (χ3v) is 1.68. The van der Waals surface area contributed by atoms with Crippen LogP contribution in [0.1, 0.15) is 6.92 Å². The molecule has 0 aliphatic rings. The van der Waals surface area contributed by atoms with Gasteiger partial charge in [0.05, 0.1) is 29.9 Å². The van der Waals surface area contributed by atoms with Crippen molar-refractivity contribution in [1.29, 1.82) is 0 Å². The zero-order chi connectivity index (χ0) is 9.19. The van der Waals surface area contributed by atoms with E-state index in [9.17, 15) is 0 Å². The summed E-state index contributed by atoms with van der Waals surface area (Å²) in [6, 6.07) is 0. The molecular weight excluding hydrogens is 178 g/mol. The number of aliphatic hydroxyl groups excluding tert-OH is 1. The van der Waals surface area contributed by atoms with Gasteiger partial charge in [-0.2, -0.15) is 5.10 Å². The van der Waals surface area contributed by atoms with Crippen LogP contribution in [0, 0.1) is 0 Å². The van der Waals surface area contributed by atoms with Gasteiger partial charge in [-0.25, -0.2) is 0 Å². The van der Waals surface area contributed by atoms with Crippen molar-refractivity contribution in [3.05, 3.63) is 17.4 Å². The van der Waals surface area contributed by atoms with Crippen LogP contribution in [-0.4, -0.2) is 27.0 Å². The van der Waals surface area contributed by atoms with Crippen LogP contribution in [0.4, 0.5) is 0 Å². The first-order valence-corrected chi connectivity index (χ1v) is 3.99. The highest BCUT2D eigenvalue weighted by molar-refractivity contribution is 6.30. The van der Waals surface area contributed by atoms with Crippen molar-refractivity contribution < 1.29 is 5.11 Å². The summed E-state index contributed by atoms with van der Waals surface area (Å²) in [5.41, 5.74) is 5.06. The predicted molar refractivity (Wildman–Crippen MR) is 46.9 cm³/mol. The highest BCUT2D eigenvalue weighted by atomic mass is 35.5. The van der Waals surface area contributed by atoms with E-state index in [0.29, 0.717) is 11.6 Å². The molecule has 1 unspecified atom stereocenters. The summed E-state index contributed by atoms with van der Waals surface area (Å²) in [6.45, 7) is 2.13. The minimum absolute atomic E-state index is 0.0789. The molecule has 0 aliphatic carbocycles. The Morgan fingerprint density at radius 3 is 2.92 bits per heavy atom. The number of nitrogens with zero attached hydrogens (tertiary/aromatic N) is 2. The summed E-state index contributed by atoms with van der Waals surface area (Å²) in [7, 11) is 0. The van der Waals surface area contributed by atoms with E-state index in [0.717, 1.165) is 0 Å². The maximum Gasteiger partial charge on any atom is 0.0785 e. The van der Waals surface area contributed by atoms with Gasteiger partial charge in [-0.3, -0.25) is 4.68 Å². The molecule has 0 amide bonds. The molecule has 0 aromatic carbocycles. The Morgan fingerprint density at radius 2 is 2.50 bits per heavy atom. The lowest BCUT2D eigenvalue weighted by Gasteiger charge is -2.20. The first-order valence-electron chi connectivity index (χ1n) is 3.61. The van der Waals surface area contributed by atoms with Crippen LogP contribution in [0.15, 0.2) is 12.4 Å². The van der Waals surface area contributed by atoms with E-state index in [1.165, 1.54) is 6.20 Å². The minimum Gasteiger partial charge on any atom is -0.394 e. The zero-order valence-corrected chi connectivity index (χ0v) is 7.62. The largest absolute Gasteiger partial charge is 0.394 e. The molecular formula is C7H12ClN3O. The molecule has 1 aromatic rings. The van der Waals surface area contributed by atoms with E-state index in [-0.39, 0.29) is 6.61 Å². The molecule has 0 saturated heterocycles. The molecule has 1 heterocycles. The summed E-state index contributed by atoms with van der Waals surface area (Å²) < 4.78 is 1.61. The Balaban J connectivity index is 2.63. The fraction of sp³-hybridized carbons (Fsp3) is 0.571. The van der Waals surface area contributed by atoms with E-state index in [2.05, 4.69) is 5.10 Å². The van der Waals surface area contributed by atoms with E-state index in [1.54, 1.807) is 17.8 Å². The number of aromatic nitrogens is 2. The fourth-order valence-electron chi connectivity index (χ4n) is 0.845. The number of aliphatic hydroxyl groups is 1. The Morgan fingerprint density at radius 1 is 1.83 bits per heavy atom. The van der Waals surface area contributed by atoms with Crippen LogP contribution in [0.3, 0.4) is 0 Å². The van der Waals surface area contributed by atoms with E-state index in [4.69, 9.17) is 22.4 Å². The zero-order valence-electron chi connectivity index (χ0n) is 6.87. The van der Waals surface area contributed by atoms with Crippen LogP contribution in [0.5, 0.6) is 0 Å². The van der Waals surface area contributed by atoms with Crippen LogP contribution >= 0.6 is 11.6 Å². The number of hydrogen-bond acceptors (Lipinski definition) is 3. The molecule has 68 valence electrons. The Kier molecular flexibility index (Phi) is 2.72. The van der Waals surface area contributed by atoms with Crippen molar-refractivity contribution in [3.63, 3.8) is 0 Å². The molecule has 1 aromatic heterocycles. The van der Waals surface area contributed by atoms with Crippen molar-refractivity contribution >= 4 is 11.6 Å². The van der Waals surface area contributed by atoms with Gasteiger partial charge in [-0.05, 0) is 6.92 Å². The molecule has 0 spiro atoms. The molecule has 0 radical (unpaired) electrons. The van der Waals surface area contributed by atoms with Gasteiger partial charge < -0.3 is 10.8 Å².